The molecule has 1 aromatic heterocycles. The number of hydrogen-bond acceptors (Lipinski definition) is 4. The van der Waals surface area contributed by atoms with Crippen LogP contribution >= 0.6 is 11.3 Å². The van der Waals surface area contributed by atoms with Crippen LogP contribution in [0.5, 0.6) is 0 Å². The van der Waals surface area contributed by atoms with E-state index in [9.17, 15) is 8.42 Å². The number of benzene rings is 1. The highest BCUT2D eigenvalue weighted by Crippen LogP contribution is 2.27. The number of nitrogen functional groups attached to an aromatic ring is 1. The average molecular weight is 324 g/mol. The lowest BCUT2D eigenvalue weighted by atomic mass is 10.0. The predicted molar refractivity (Wildman–Crippen MR) is 88.5 cm³/mol. The van der Waals surface area contributed by atoms with Crippen LogP contribution in [0.4, 0.5) is 5.69 Å². The fraction of sp³-hybridized carbons (Fsp3) is 0.333. The zero-order valence-corrected chi connectivity index (χ0v) is 13.7. The van der Waals surface area contributed by atoms with Crippen molar-refractivity contribution in [1.29, 1.82) is 0 Å². The minimum Gasteiger partial charge on any atom is -0.399 e. The molecule has 0 aliphatic rings. The number of anilines is 1. The molecule has 0 aliphatic heterocycles. The van der Waals surface area contributed by atoms with Gasteiger partial charge in [-0.25, -0.2) is 13.1 Å². The van der Waals surface area contributed by atoms with E-state index < -0.39 is 10.0 Å². The van der Waals surface area contributed by atoms with Crippen LogP contribution in [0, 0.1) is 5.92 Å². The Morgan fingerprint density at radius 2 is 1.86 bits per heavy atom. The highest BCUT2D eigenvalue weighted by atomic mass is 32.2. The standard InChI is InChI=1S/C15H20N2O2S2/c1-11(2)15(14-4-3-9-20-14)17-21(18,19)10-12-5-7-13(16)8-6-12/h3-9,11,15,17H,10,16H2,1-2H3. The van der Waals surface area contributed by atoms with Crippen molar-refractivity contribution in [1.82, 2.24) is 4.72 Å². The molecule has 0 spiro atoms. The summed E-state index contributed by atoms with van der Waals surface area (Å²) in [4.78, 5) is 1.03. The Kier molecular flexibility index (Phi) is 5.03. The molecule has 1 aromatic carbocycles. The zero-order chi connectivity index (χ0) is 15.5. The van der Waals surface area contributed by atoms with Gasteiger partial charge in [0.1, 0.15) is 0 Å². The first-order valence-corrected chi connectivity index (χ1v) is 9.28. The van der Waals surface area contributed by atoms with Gasteiger partial charge < -0.3 is 5.73 Å². The maximum Gasteiger partial charge on any atom is 0.216 e. The number of thiophene rings is 1. The van der Waals surface area contributed by atoms with E-state index >= 15 is 0 Å². The molecule has 1 unspecified atom stereocenters. The lowest BCUT2D eigenvalue weighted by Gasteiger charge is -2.21. The van der Waals surface area contributed by atoms with Gasteiger partial charge in [-0.2, -0.15) is 0 Å². The molecule has 21 heavy (non-hydrogen) atoms. The van der Waals surface area contributed by atoms with Crippen molar-refractivity contribution in [3.05, 3.63) is 52.2 Å². The topological polar surface area (TPSA) is 72.2 Å². The Hall–Kier alpha value is -1.37. The van der Waals surface area contributed by atoms with Gasteiger partial charge in [-0.3, -0.25) is 0 Å². The first kappa shape index (κ1) is 16.0. The fourth-order valence-corrected chi connectivity index (χ4v) is 4.58. The molecular weight excluding hydrogens is 304 g/mol. The highest BCUT2D eigenvalue weighted by Gasteiger charge is 2.23. The Morgan fingerprint density at radius 3 is 2.38 bits per heavy atom. The van der Waals surface area contributed by atoms with Crippen LogP contribution in [0.15, 0.2) is 41.8 Å². The Bertz CT molecular complexity index is 662. The maximum absolute atomic E-state index is 12.4. The van der Waals surface area contributed by atoms with E-state index in [1.165, 1.54) is 0 Å². The third kappa shape index (κ3) is 4.56. The molecule has 6 heteroatoms. The number of sulfonamides is 1. The van der Waals surface area contributed by atoms with Gasteiger partial charge in [-0.1, -0.05) is 32.0 Å². The molecule has 1 atom stereocenters. The Labute approximate surface area is 130 Å². The minimum absolute atomic E-state index is 0.0398. The maximum atomic E-state index is 12.4. The summed E-state index contributed by atoms with van der Waals surface area (Å²) in [5.41, 5.74) is 6.97. The number of rotatable bonds is 6. The molecule has 2 aromatic rings. The van der Waals surface area contributed by atoms with E-state index in [0.29, 0.717) is 5.69 Å². The van der Waals surface area contributed by atoms with Crippen LogP contribution in [0.1, 0.15) is 30.3 Å². The summed E-state index contributed by atoms with van der Waals surface area (Å²) < 4.78 is 27.5. The quantitative estimate of drug-likeness (QED) is 0.802. The van der Waals surface area contributed by atoms with Crippen LogP contribution < -0.4 is 10.5 Å². The lowest BCUT2D eigenvalue weighted by molar-refractivity contribution is 0.468. The highest BCUT2D eigenvalue weighted by molar-refractivity contribution is 7.88. The van der Waals surface area contributed by atoms with Gasteiger partial charge in [-0.15, -0.1) is 11.3 Å². The van der Waals surface area contributed by atoms with Crippen LogP contribution in [0.2, 0.25) is 0 Å². The van der Waals surface area contributed by atoms with Crippen LogP contribution in [-0.4, -0.2) is 8.42 Å². The first-order chi connectivity index (χ1) is 9.87. The molecule has 4 nitrogen and oxygen atoms in total. The second-order valence-electron chi connectivity index (χ2n) is 5.36. The first-order valence-electron chi connectivity index (χ1n) is 6.75. The molecule has 0 amide bonds. The fourth-order valence-electron chi connectivity index (χ4n) is 2.06. The summed E-state index contributed by atoms with van der Waals surface area (Å²) in [6.07, 6.45) is 0. The summed E-state index contributed by atoms with van der Waals surface area (Å²) in [7, 11) is -3.40. The number of hydrogen-bond donors (Lipinski definition) is 2. The van der Waals surface area contributed by atoms with Crippen LogP contribution in [0.3, 0.4) is 0 Å². The third-order valence-electron chi connectivity index (χ3n) is 3.16. The van der Waals surface area contributed by atoms with E-state index in [2.05, 4.69) is 4.72 Å². The van der Waals surface area contributed by atoms with E-state index in [0.717, 1.165) is 10.4 Å². The monoisotopic (exact) mass is 324 g/mol. The van der Waals surface area contributed by atoms with Gasteiger partial charge in [0.05, 0.1) is 11.8 Å². The largest absolute Gasteiger partial charge is 0.399 e. The van der Waals surface area contributed by atoms with Gasteiger partial charge in [0, 0.05) is 10.6 Å². The van der Waals surface area contributed by atoms with Gasteiger partial charge in [0.15, 0.2) is 0 Å². The van der Waals surface area contributed by atoms with Crippen molar-refractivity contribution in [2.24, 2.45) is 5.92 Å². The number of nitrogens with two attached hydrogens (primary N) is 1. The molecule has 0 radical (unpaired) electrons. The summed E-state index contributed by atoms with van der Waals surface area (Å²) >= 11 is 1.56. The SMILES string of the molecule is CC(C)C(NS(=O)(=O)Cc1ccc(N)cc1)c1cccs1. The van der Waals surface area contributed by atoms with Gasteiger partial charge in [-0.05, 0) is 35.1 Å². The van der Waals surface area contributed by atoms with Gasteiger partial charge in [0.2, 0.25) is 10.0 Å². The van der Waals surface area contributed by atoms with Crippen LogP contribution in [-0.2, 0) is 15.8 Å². The minimum atomic E-state index is -3.40. The lowest BCUT2D eigenvalue weighted by Crippen LogP contribution is -2.32. The molecular formula is C15H20N2O2S2. The van der Waals surface area contributed by atoms with Crippen molar-refractivity contribution in [2.75, 3.05) is 5.73 Å². The second-order valence-corrected chi connectivity index (χ2v) is 8.09. The predicted octanol–water partition coefficient (Wildman–Crippen LogP) is 3.15. The normalized spacial score (nSPS) is 13.5. The summed E-state index contributed by atoms with van der Waals surface area (Å²) in [5, 5.41) is 1.96. The molecule has 0 saturated carbocycles. The van der Waals surface area contributed by atoms with E-state index in [1.807, 2.05) is 31.4 Å². The Balaban J connectivity index is 2.13. The smallest absolute Gasteiger partial charge is 0.216 e. The molecule has 3 N–H and O–H groups in total. The molecule has 0 bridgehead atoms. The Morgan fingerprint density at radius 1 is 1.19 bits per heavy atom. The molecule has 0 aliphatic carbocycles. The summed E-state index contributed by atoms with van der Waals surface area (Å²) in [5.74, 6) is 0.145. The summed E-state index contributed by atoms with van der Waals surface area (Å²) in [6, 6.07) is 10.6. The second kappa shape index (κ2) is 6.60. The van der Waals surface area contributed by atoms with Crippen molar-refractivity contribution >= 4 is 27.0 Å². The molecule has 0 fully saturated rings. The molecule has 0 saturated heterocycles. The van der Waals surface area contributed by atoms with E-state index in [4.69, 9.17) is 5.73 Å². The van der Waals surface area contributed by atoms with Crippen molar-refractivity contribution < 1.29 is 8.42 Å². The van der Waals surface area contributed by atoms with Gasteiger partial charge in [0.25, 0.3) is 0 Å². The van der Waals surface area contributed by atoms with Crippen molar-refractivity contribution in [2.45, 2.75) is 25.6 Å². The van der Waals surface area contributed by atoms with Crippen LogP contribution in [0.25, 0.3) is 0 Å². The molecule has 114 valence electrons. The number of nitrogens with one attached hydrogen (secondary N) is 1. The third-order valence-corrected chi connectivity index (χ3v) is 5.44. The molecule has 1 heterocycles. The average Bonchev–Trinajstić information content (AvgIpc) is 2.92. The van der Waals surface area contributed by atoms with E-state index in [-0.39, 0.29) is 17.7 Å². The summed E-state index contributed by atoms with van der Waals surface area (Å²) in [6.45, 7) is 4.02. The zero-order valence-electron chi connectivity index (χ0n) is 12.1. The van der Waals surface area contributed by atoms with Crippen molar-refractivity contribution in [3.63, 3.8) is 0 Å². The van der Waals surface area contributed by atoms with E-state index in [1.54, 1.807) is 35.6 Å². The van der Waals surface area contributed by atoms with Crippen molar-refractivity contribution in [3.8, 4) is 0 Å². The van der Waals surface area contributed by atoms with Gasteiger partial charge >= 0.3 is 0 Å². The molecule has 2 rings (SSSR count).